The SMILES string of the molecule is O=C(Oc1ccccc1)N(CO)CO. The summed E-state index contributed by atoms with van der Waals surface area (Å²) in [5.74, 6) is 0.365. The Balaban J connectivity index is 2.57. The van der Waals surface area contributed by atoms with E-state index in [4.69, 9.17) is 14.9 Å². The summed E-state index contributed by atoms with van der Waals surface area (Å²) >= 11 is 0. The second-order valence-electron chi connectivity index (χ2n) is 2.50. The lowest BCUT2D eigenvalue weighted by Crippen LogP contribution is -2.35. The smallest absolute Gasteiger partial charge is 0.410 e. The molecule has 0 radical (unpaired) electrons. The van der Waals surface area contributed by atoms with Crippen LogP contribution in [0.15, 0.2) is 30.3 Å². The van der Waals surface area contributed by atoms with Crippen LogP contribution in [0.4, 0.5) is 4.79 Å². The van der Waals surface area contributed by atoms with Crippen LogP contribution in [0.5, 0.6) is 5.75 Å². The van der Waals surface area contributed by atoms with Gasteiger partial charge in [-0.3, -0.25) is 4.90 Å². The summed E-state index contributed by atoms with van der Waals surface area (Å²) in [5.41, 5.74) is 0. The molecule has 0 aromatic heterocycles. The highest BCUT2D eigenvalue weighted by atomic mass is 16.6. The van der Waals surface area contributed by atoms with Crippen LogP contribution in [-0.4, -0.2) is 34.7 Å². The molecule has 0 heterocycles. The summed E-state index contributed by atoms with van der Waals surface area (Å²) < 4.78 is 4.83. The molecule has 0 aliphatic rings. The summed E-state index contributed by atoms with van der Waals surface area (Å²) in [6.07, 6.45) is -0.791. The van der Waals surface area contributed by atoms with Gasteiger partial charge in [-0.15, -0.1) is 0 Å². The second-order valence-corrected chi connectivity index (χ2v) is 2.50. The molecule has 0 atom stereocenters. The number of carbonyl (C=O) groups excluding carboxylic acids is 1. The van der Waals surface area contributed by atoms with Gasteiger partial charge in [0, 0.05) is 0 Å². The number of rotatable bonds is 3. The summed E-state index contributed by atoms with van der Waals surface area (Å²) in [6.45, 7) is -1.16. The monoisotopic (exact) mass is 197 g/mol. The number of hydrogen-bond donors (Lipinski definition) is 2. The highest BCUT2D eigenvalue weighted by molar-refractivity contribution is 5.70. The summed E-state index contributed by atoms with van der Waals surface area (Å²) in [6, 6.07) is 8.42. The predicted molar refractivity (Wildman–Crippen MR) is 48.5 cm³/mol. The third-order valence-corrected chi connectivity index (χ3v) is 1.55. The Morgan fingerprint density at radius 2 is 1.79 bits per heavy atom. The number of nitrogens with zero attached hydrogens (tertiary/aromatic N) is 1. The predicted octanol–water partition coefficient (Wildman–Crippen LogP) is 0.387. The highest BCUT2D eigenvalue weighted by Crippen LogP contribution is 2.09. The van der Waals surface area contributed by atoms with Gasteiger partial charge in [-0.1, -0.05) is 18.2 Å². The van der Waals surface area contributed by atoms with Gasteiger partial charge < -0.3 is 14.9 Å². The molecule has 1 aromatic carbocycles. The number of hydrogen-bond acceptors (Lipinski definition) is 4. The van der Waals surface area contributed by atoms with Gasteiger partial charge in [0.1, 0.15) is 19.2 Å². The Labute approximate surface area is 81.1 Å². The van der Waals surface area contributed by atoms with Crippen molar-refractivity contribution in [3.05, 3.63) is 30.3 Å². The molecule has 0 fully saturated rings. The fourth-order valence-corrected chi connectivity index (χ4v) is 0.814. The van der Waals surface area contributed by atoms with Crippen LogP contribution in [0.1, 0.15) is 0 Å². The molecule has 76 valence electrons. The Kier molecular flexibility index (Phi) is 3.90. The zero-order chi connectivity index (χ0) is 10.4. The molecule has 0 aliphatic heterocycles. The molecule has 0 unspecified atom stereocenters. The van der Waals surface area contributed by atoms with E-state index in [1.165, 1.54) is 0 Å². The fraction of sp³-hybridized carbons (Fsp3) is 0.222. The quantitative estimate of drug-likeness (QED) is 0.687. The van der Waals surface area contributed by atoms with E-state index >= 15 is 0 Å². The van der Waals surface area contributed by atoms with Gasteiger partial charge in [0.25, 0.3) is 0 Å². The van der Waals surface area contributed by atoms with E-state index in [1.807, 2.05) is 0 Å². The summed E-state index contributed by atoms with van der Waals surface area (Å²) in [4.78, 5) is 11.9. The number of aliphatic hydroxyl groups is 2. The van der Waals surface area contributed by atoms with Crippen molar-refractivity contribution < 1.29 is 19.7 Å². The van der Waals surface area contributed by atoms with Gasteiger partial charge >= 0.3 is 6.09 Å². The zero-order valence-corrected chi connectivity index (χ0v) is 7.46. The topological polar surface area (TPSA) is 70.0 Å². The van der Waals surface area contributed by atoms with Crippen molar-refractivity contribution in [2.75, 3.05) is 13.5 Å². The zero-order valence-electron chi connectivity index (χ0n) is 7.46. The summed E-state index contributed by atoms with van der Waals surface area (Å²) in [7, 11) is 0. The fourth-order valence-electron chi connectivity index (χ4n) is 0.814. The molecule has 5 heteroatoms. The molecular weight excluding hydrogens is 186 g/mol. The molecule has 14 heavy (non-hydrogen) atoms. The number of benzene rings is 1. The van der Waals surface area contributed by atoms with Crippen LogP contribution in [-0.2, 0) is 0 Å². The van der Waals surface area contributed by atoms with Crippen LogP contribution >= 0.6 is 0 Å². The van der Waals surface area contributed by atoms with Crippen LogP contribution in [0.2, 0.25) is 0 Å². The van der Waals surface area contributed by atoms with Gasteiger partial charge in [0.2, 0.25) is 0 Å². The van der Waals surface area contributed by atoms with E-state index in [9.17, 15) is 4.79 Å². The van der Waals surface area contributed by atoms with Gasteiger partial charge in [0.05, 0.1) is 0 Å². The lowest BCUT2D eigenvalue weighted by Gasteiger charge is -2.15. The van der Waals surface area contributed by atoms with Crippen molar-refractivity contribution >= 4 is 6.09 Å². The van der Waals surface area contributed by atoms with E-state index in [0.717, 1.165) is 4.90 Å². The molecule has 0 saturated carbocycles. The number of aliphatic hydroxyl groups excluding tert-OH is 2. The highest BCUT2D eigenvalue weighted by Gasteiger charge is 2.12. The molecule has 0 spiro atoms. The lowest BCUT2D eigenvalue weighted by atomic mass is 10.3. The standard InChI is InChI=1S/C9H11NO4/c11-6-10(7-12)9(13)14-8-4-2-1-3-5-8/h1-5,11-12H,6-7H2. The van der Waals surface area contributed by atoms with Gasteiger partial charge in [-0.2, -0.15) is 0 Å². The molecule has 1 rings (SSSR count). The van der Waals surface area contributed by atoms with Crippen LogP contribution in [0.3, 0.4) is 0 Å². The second kappa shape index (κ2) is 5.21. The number of para-hydroxylation sites is 1. The molecule has 2 N–H and O–H groups in total. The summed E-state index contributed by atoms with van der Waals surface area (Å²) in [5, 5.41) is 17.3. The molecule has 1 aromatic rings. The maximum absolute atomic E-state index is 11.2. The van der Waals surface area contributed by atoms with Crippen molar-refractivity contribution in [3.8, 4) is 5.75 Å². The third-order valence-electron chi connectivity index (χ3n) is 1.55. The number of carbonyl (C=O) groups is 1. The minimum absolute atomic E-state index is 0.365. The van der Waals surface area contributed by atoms with Gasteiger partial charge in [0.15, 0.2) is 0 Å². The number of ether oxygens (including phenoxy) is 1. The minimum atomic E-state index is -0.791. The third kappa shape index (κ3) is 2.72. The minimum Gasteiger partial charge on any atom is -0.410 e. The molecule has 0 bridgehead atoms. The first-order valence-electron chi connectivity index (χ1n) is 4.01. The first-order chi connectivity index (χ1) is 6.77. The van der Waals surface area contributed by atoms with Crippen molar-refractivity contribution in [3.63, 3.8) is 0 Å². The van der Waals surface area contributed by atoms with E-state index < -0.39 is 19.6 Å². The molecule has 0 saturated heterocycles. The molecular formula is C9H11NO4. The Bertz CT molecular complexity index is 284. The van der Waals surface area contributed by atoms with E-state index in [-0.39, 0.29) is 0 Å². The van der Waals surface area contributed by atoms with E-state index in [2.05, 4.69) is 0 Å². The first kappa shape index (κ1) is 10.5. The van der Waals surface area contributed by atoms with Crippen molar-refractivity contribution in [1.29, 1.82) is 0 Å². The number of amides is 1. The maximum Gasteiger partial charge on any atom is 0.418 e. The molecule has 0 aliphatic carbocycles. The largest absolute Gasteiger partial charge is 0.418 e. The first-order valence-corrected chi connectivity index (χ1v) is 4.01. The average Bonchev–Trinajstić information content (AvgIpc) is 2.21. The Morgan fingerprint density at radius 3 is 2.29 bits per heavy atom. The van der Waals surface area contributed by atoms with Gasteiger partial charge in [-0.25, -0.2) is 4.79 Å². The van der Waals surface area contributed by atoms with Crippen molar-refractivity contribution in [1.82, 2.24) is 4.90 Å². The van der Waals surface area contributed by atoms with Gasteiger partial charge in [-0.05, 0) is 12.1 Å². The van der Waals surface area contributed by atoms with Crippen molar-refractivity contribution in [2.24, 2.45) is 0 Å². The average molecular weight is 197 g/mol. The molecule has 5 nitrogen and oxygen atoms in total. The van der Waals surface area contributed by atoms with E-state index in [1.54, 1.807) is 30.3 Å². The van der Waals surface area contributed by atoms with Crippen LogP contribution in [0.25, 0.3) is 0 Å². The Hall–Kier alpha value is -1.59. The van der Waals surface area contributed by atoms with Crippen molar-refractivity contribution in [2.45, 2.75) is 0 Å². The Morgan fingerprint density at radius 1 is 1.21 bits per heavy atom. The molecule has 1 amide bonds. The normalized spacial score (nSPS) is 9.57. The van der Waals surface area contributed by atoms with Crippen LogP contribution < -0.4 is 4.74 Å². The van der Waals surface area contributed by atoms with Crippen LogP contribution in [0, 0.1) is 0 Å². The lowest BCUT2D eigenvalue weighted by molar-refractivity contribution is 0.0378. The van der Waals surface area contributed by atoms with E-state index in [0.29, 0.717) is 5.75 Å². The maximum atomic E-state index is 11.2.